The maximum absolute atomic E-state index is 8.95. The van der Waals surface area contributed by atoms with Crippen molar-refractivity contribution >= 4 is 54.3 Å². The Bertz CT molecular complexity index is 3040. The van der Waals surface area contributed by atoms with E-state index in [1.165, 1.54) is 0 Å². The Morgan fingerprint density at radius 1 is 0.395 bits per heavy atom. The van der Waals surface area contributed by atoms with E-state index < -0.39 is 30.2 Å². The lowest BCUT2D eigenvalue weighted by Gasteiger charge is -2.19. The molecule has 43 heavy (non-hydrogen) atoms. The summed E-state index contributed by atoms with van der Waals surface area (Å²) < 4.78 is 100. The largest absolute Gasteiger partial charge is 0.456 e. The molecule has 0 unspecified atom stereocenters. The van der Waals surface area contributed by atoms with E-state index in [-0.39, 0.29) is 63.8 Å². The molecule has 0 amide bonds. The zero-order chi connectivity index (χ0) is 37.9. The molecular weight excluding hydrogens is 520 g/mol. The molecule has 9 aromatic rings. The van der Waals surface area contributed by atoms with Gasteiger partial charge in [-0.2, -0.15) is 0 Å². The van der Waals surface area contributed by atoms with Crippen molar-refractivity contribution in [3.8, 4) is 33.4 Å². The first-order valence-corrected chi connectivity index (χ1v) is 13.9. The van der Waals surface area contributed by atoms with Gasteiger partial charge in [0.2, 0.25) is 0 Å². The Morgan fingerprint density at radius 3 is 1.79 bits per heavy atom. The van der Waals surface area contributed by atoms with Crippen molar-refractivity contribution in [1.29, 1.82) is 0 Å². The predicted molar refractivity (Wildman–Crippen MR) is 183 cm³/mol. The fraction of sp³-hybridized carbons (Fsp3) is 0. The molecule has 9 rings (SSSR count). The molecule has 0 aliphatic heterocycles. The van der Waals surface area contributed by atoms with Crippen LogP contribution < -0.4 is 0 Å². The maximum Gasteiger partial charge on any atom is 0.136 e. The lowest BCUT2D eigenvalue weighted by Crippen LogP contribution is -1.91. The number of benzene rings is 8. The number of hydrogen-bond acceptors (Lipinski definition) is 1. The van der Waals surface area contributed by atoms with Crippen molar-refractivity contribution in [3.05, 3.63) is 157 Å². The van der Waals surface area contributed by atoms with Gasteiger partial charge in [0.25, 0.3) is 0 Å². The summed E-state index contributed by atoms with van der Waals surface area (Å²) in [5.41, 5.74) is 3.40. The van der Waals surface area contributed by atoms with Crippen LogP contribution in [-0.2, 0) is 0 Å². The Kier molecular flexibility index (Phi) is 3.41. The molecule has 0 atom stereocenters. The van der Waals surface area contributed by atoms with E-state index in [0.717, 1.165) is 21.9 Å². The average Bonchev–Trinajstić information content (AvgIpc) is 3.57. The zero-order valence-corrected chi connectivity index (χ0v) is 22.6. The topological polar surface area (TPSA) is 13.1 Å². The maximum atomic E-state index is 8.95. The molecule has 8 aromatic carbocycles. The quantitative estimate of drug-likeness (QED) is 0.197. The molecule has 1 aromatic heterocycles. The van der Waals surface area contributed by atoms with Crippen molar-refractivity contribution in [2.75, 3.05) is 0 Å². The summed E-state index contributed by atoms with van der Waals surface area (Å²) in [5, 5.41) is 4.92. The van der Waals surface area contributed by atoms with E-state index in [1.54, 1.807) is 48.5 Å². The standard InChI is InChI=1S/C42H26O/c1-2-13-30-27(11-1)12-9-20-32(30)41-35-16-5-3-14-33(35)40(34-15-4-6-17-36(34)41)29-25-23-28(24-26-29)31-19-10-22-39-42(31)37-18-7-8-21-38(37)43-39/h1-26H/i3D,4D,5D,6D,7D,8D,10D,18D,19D,21D,22D. The van der Waals surface area contributed by atoms with Gasteiger partial charge in [-0.1, -0.05) is 145 Å². The second kappa shape index (κ2) is 9.44. The molecule has 1 heterocycles. The Hall–Kier alpha value is -5.66. The van der Waals surface area contributed by atoms with E-state index in [1.807, 2.05) is 42.5 Å². The summed E-state index contributed by atoms with van der Waals surface area (Å²) in [7, 11) is 0. The van der Waals surface area contributed by atoms with Crippen molar-refractivity contribution in [3.63, 3.8) is 0 Å². The molecule has 200 valence electrons. The van der Waals surface area contributed by atoms with E-state index in [4.69, 9.17) is 19.5 Å². The zero-order valence-electron chi connectivity index (χ0n) is 33.6. The molecule has 0 saturated carbocycles. The lowest BCUT2D eigenvalue weighted by molar-refractivity contribution is 0.669. The van der Waals surface area contributed by atoms with Crippen molar-refractivity contribution in [2.45, 2.75) is 0 Å². The third-order valence-corrected chi connectivity index (χ3v) is 8.16. The van der Waals surface area contributed by atoms with Crippen LogP contribution in [0, 0.1) is 0 Å². The minimum Gasteiger partial charge on any atom is -0.456 e. The lowest BCUT2D eigenvalue weighted by atomic mass is 9.84. The first-order chi connectivity index (χ1) is 25.9. The number of rotatable bonds is 3. The Balaban J connectivity index is 1.36. The van der Waals surface area contributed by atoms with Crippen LogP contribution in [0.1, 0.15) is 15.1 Å². The molecule has 0 N–H and O–H groups in total. The first-order valence-electron chi connectivity index (χ1n) is 19.4. The molecule has 1 nitrogen and oxygen atoms in total. The minimum atomic E-state index is -0.492. The highest BCUT2D eigenvalue weighted by molar-refractivity contribution is 6.23. The van der Waals surface area contributed by atoms with E-state index in [9.17, 15) is 0 Å². The monoisotopic (exact) mass is 557 g/mol. The predicted octanol–water partition coefficient (Wildman–Crippen LogP) is 12.0. The van der Waals surface area contributed by atoms with Gasteiger partial charge in [-0.25, -0.2) is 0 Å². The molecule has 0 spiro atoms. The summed E-state index contributed by atoms with van der Waals surface area (Å²) in [6.07, 6.45) is 0. The summed E-state index contributed by atoms with van der Waals surface area (Å²) in [6.45, 7) is 0. The SMILES string of the molecule is [2H]c1cc2c(-c3ccc(-c4c([2H])c([2H])c([2H])c5oc6c([2H])c([2H])c([2H])c([2H])c6c45)cc3)c3cc([2H])c([2H])cc3c(-c3cccc4ccccc34)c2cc1[2H]. The smallest absolute Gasteiger partial charge is 0.136 e. The normalized spacial score (nSPS) is 15.3. The van der Waals surface area contributed by atoms with Crippen molar-refractivity contribution in [1.82, 2.24) is 0 Å². The third kappa shape index (κ3) is 3.65. The number of hydrogen-bond donors (Lipinski definition) is 0. The third-order valence-electron chi connectivity index (χ3n) is 8.16. The van der Waals surface area contributed by atoms with Crippen LogP contribution >= 0.6 is 0 Å². The fourth-order valence-electron chi connectivity index (χ4n) is 6.31. The van der Waals surface area contributed by atoms with Crippen LogP contribution in [0.15, 0.2) is 162 Å². The highest BCUT2D eigenvalue weighted by atomic mass is 16.3. The molecule has 0 saturated heterocycles. The summed E-state index contributed by atoms with van der Waals surface area (Å²) in [4.78, 5) is 0. The molecule has 0 fully saturated rings. The highest BCUT2D eigenvalue weighted by Crippen LogP contribution is 2.45. The molecule has 0 aliphatic carbocycles. The van der Waals surface area contributed by atoms with Crippen LogP contribution in [0.5, 0.6) is 0 Å². The van der Waals surface area contributed by atoms with Gasteiger partial charge in [-0.15, -0.1) is 0 Å². The van der Waals surface area contributed by atoms with Gasteiger partial charge in [0.1, 0.15) is 11.2 Å². The average molecular weight is 558 g/mol. The summed E-state index contributed by atoms with van der Waals surface area (Å²) >= 11 is 0. The van der Waals surface area contributed by atoms with Crippen LogP contribution in [0.2, 0.25) is 0 Å². The van der Waals surface area contributed by atoms with Crippen LogP contribution in [0.4, 0.5) is 0 Å². The Morgan fingerprint density at radius 2 is 1.02 bits per heavy atom. The molecule has 0 aliphatic rings. The fourth-order valence-corrected chi connectivity index (χ4v) is 6.31. The van der Waals surface area contributed by atoms with E-state index >= 15 is 0 Å². The number of para-hydroxylation sites is 1. The van der Waals surface area contributed by atoms with Crippen molar-refractivity contribution < 1.29 is 19.5 Å². The van der Waals surface area contributed by atoms with Crippen LogP contribution in [-0.4, -0.2) is 0 Å². The molecular formula is C42H26O. The van der Waals surface area contributed by atoms with Gasteiger partial charge in [0.05, 0.1) is 15.1 Å². The second-order valence-electron chi connectivity index (χ2n) is 10.4. The van der Waals surface area contributed by atoms with Crippen LogP contribution in [0.25, 0.3) is 87.6 Å². The van der Waals surface area contributed by atoms with Gasteiger partial charge < -0.3 is 4.42 Å². The highest BCUT2D eigenvalue weighted by Gasteiger charge is 2.18. The van der Waals surface area contributed by atoms with Crippen LogP contribution in [0.3, 0.4) is 0 Å². The van der Waals surface area contributed by atoms with E-state index in [2.05, 4.69) is 0 Å². The number of furan rings is 1. The van der Waals surface area contributed by atoms with Gasteiger partial charge in [0.15, 0.2) is 0 Å². The minimum absolute atomic E-state index is 0.0166. The molecule has 1 heteroatoms. The summed E-state index contributed by atoms with van der Waals surface area (Å²) in [6, 6.07) is 24.9. The van der Waals surface area contributed by atoms with Gasteiger partial charge in [-0.05, 0) is 77.8 Å². The number of fused-ring (bicyclic) bond motifs is 6. The molecule has 0 radical (unpaired) electrons. The van der Waals surface area contributed by atoms with Gasteiger partial charge in [0, 0.05) is 10.8 Å². The first kappa shape index (κ1) is 15.5. The second-order valence-corrected chi connectivity index (χ2v) is 10.4. The van der Waals surface area contributed by atoms with Crippen molar-refractivity contribution in [2.24, 2.45) is 0 Å². The van der Waals surface area contributed by atoms with Gasteiger partial charge in [-0.3, -0.25) is 0 Å². The van der Waals surface area contributed by atoms with Gasteiger partial charge >= 0.3 is 0 Å². The molecule has 0 bridgehead atoms. The van der Waals surface area contributed by atoms with E-state index in [0.29, 0.717) is 38.2 Å². The summed E-state index contributed by atoms with van der Waals surface area (Å²) in [5.74, 6) is 0. The Labute approximate surface area is 264 Å².